The van der Waals surface area contributed by atoms with Gasteiger partial charge in [0.1, 0.15) is 0 Å². The Labute approximate surface area is 109 Å². The molecule has 1 aliphatic rings. The van der Waals surface area contributed by atoms with Crippen molar-refractivity contribution in [1.29, 1.82) is 0 Å². The molecule has 2 unspecified atom stereocenters. The largest absolute Gasteiger partial charge is 0.315 e. The minimum Gasteiger partial charge on any atom is -0.315 e. The molecule has 1 nitrogen and oxygen atoms in total. The summed E-state index contributed by atoms with van der Waals surface area (Å²) in [5.74, 6) is 0. The first-order valence-electron chi connectivity index (χ1n) is 6.44. The van der Waals surface area contributed by atoms with E-state index in [4.69, 9.17) is 0 Å². The van der Waals surface area contributed by atoms with E-state index in [1.165, 1.54) is 23.3 Å². The number of benzene rings is 1. The van der Waals surface area contributed by atoms with Gasteiger partial charge in [0.2, 0.25) is 0 Å². The van der Waals surface area contributed by atoms with Gasteiger partial charge in [-0.2, -0.15) is 0 Å². The number of hydrogen-bond acceptors (Lipinski definition) is 2. The highest BCUT2D eigenvalue weighted by molar-refractivity contribution is 8.00. The SMILES string of the molecule is CNC1C(Sc2ccccc2C)CCC1(C)C. The molecule has 1 fully saturated rings. The minimum atomic E-state index is 0.426. The second-order valence-electron chi connectivity index (χ2n) is 5.72. The number of rotatable bonds is 3. The van der Waals surface area contributed by atoms with E-state index >= 15 is 0 Å². The molecule has 0 spiro atoms. The van der Waals surface area contributed by atoms with E-state index in [1.807, 2.05) is 0 Å². The quantitative estimate of drug-likeness (QED) is 0.873. The third kappa shape index (κ3) is 2.69. The highest BCUT2D eigenvalue weighted by Gasteiger charge is 2.41. The average Bonchev–Trinajstić information content (AvgIpc) is 2.57. The van der Waals surface area contributed by atoms with Gasteiger partial charge in [-0.05, 0) is 43.9 Å². The molecule has 94 valence electrons. The molecule has 0 saturated heterocycles. The lowest BCUT2D eigenvalue weighted by molar-refractivity contribution is 0.300. The van der Waals surface area contributed by atoms with E-state index in [0.717, 1.165) is 0 Å². The molecule has 1 aromatic rings. The summed E-state index contributed by atoms with van der Waals surface area (Å²) in [4.78, 5) is 1.44. The van der Waals surface area contributed by atoms with Crippen LogP contribution in [0, 0.1) is 12.3 Å². The van der Waals surface area contributed by atoms with Crippen molar-refractivity contribution in [3.05, 3.63) is 29.8 Å². The lowest BCUT2D eigenvalue weighted by Crippen LogP contribution is -2.41. The van der Waals surface area contributed by atoms with E-state index in [1.54, 1.807) is 0 Å². The first-order valence-corrected chi connectivity index (χ1v) is 7.32. The van der Waals surface area contributed by atoms with Gasteiger partial charge >= 0.3 is 0 Å². The Bertz CT molecular complexity index is 386. The van der Waals surface area contributed by atoms with Crippen molar-refractivity contribution in [2.24, 2.45) is 5.41 Å². The van der Waals surface area contributed by atoms with Crippen LogP contribution in [0.5, 0.6) is 0 Å². The third-order valence-corrected chi connectivity index (χ3v) is 5.49. The summed E-state index contributed by atoms with van der Waals surface area (Å²) in [6.45, 7) is 6.97. The van der Waals surface area contributed by atoms with E-state index in [2.05, 4.69) is 69.2 Å². The van der Waals surface area contributed by atoms with E-state index in [9.17, 15) is 0 Å². The molecule has 1 N–H and O–H groups in total. The molecule has 2 heteroatoms. The average molecular weight is 249 g/mol. The monoisotopic (exact) mass is 249 g/mol. The predicted molar refractivity (Wildman–Crippen MR) is 76.7 cm³/mol. The molecule has 0 heterocycles. The normalized spacial score (nSPS) is 27.3. The molecule has 17 heavy (non-hydrogen) atoms. The number of nitrogens with one attached hydrogen (secondary N) is 1. The highest BCUT2D eigenvalue weighted by Crippen LogP contribution is 2.45. The van der Waals surface area contributed by atoms with E-state index < -0.39 is 0 Å². The summed E-state index contributed by atoms with van der Waals surface area (Å²) in [6.07, 6.45) is 2.64. The fraction of sp³-hybridized carbons (Fsp3) is 0.600. The molecule has 0 radical (unpaired) electrons. The first kappa shape index (κ1) is 13.0. The second kappa shape index (κ2) is 5.03. The predicted octanol–water partition coefficient (Wildman–Crippen LogP) is 3.86. The van der Waals surface area contributed by atoms with Crippen LogP contribution in [0.4, 0.5) is 0 Å². The van der Waals surface area contributed by atoms with Gasteiger partial charge in [0.15, 0.2) is 0 Å². The van der Waals surface area contributed by atoms with Crippen LogP contribution in [0.25, 0.3) is 0 Å². The number of aryl methyl sites for hydroxylation is 1. The Balaban J connectivity index is 2.12. The molecule has 1 aromatic carbocycles. The Morgan fingerprint density at radius 3 is 2.65 bits per heavy atom. The van der Waals surface area contributed by atoms with Crippen LogP contribution in [-0.2, 0) is 0 Å². The smallest absolute Gasteiger partial charge is 0.0253 e. The molecule has 0 aliphatic heterocycles. The Hall–Kier alpha value is -0.470. The first-order chi connectivity index (χ1) is 8.04. The Morgan fingerprint density at radius 1 is 1.29 bits per heavy atom. The van der Waals surface area contributed by atoms with Crippen LogP contribution < -0.4 is 5.32 Å². The molecular formula is C15H23NS. The van der Waals surface area contributed by atoms with Crippen molar-refractivity contribution in [1.82, 2.24) is 5.32 Å². The van der Waals surface area contributed by atoms with Gasteiger partial charge in [0.25, 0.3) is 0 Å². The molecule has 2 atom stereocenters. The van der Waals surface area contributed by atoms with Crippen LogP contribution >= 0.6 is 11.8 Å². The van der Waals surface area contributed by atoms with Crippen molar-refractivity contribution >= 4 is 11.8 Å². The summed E-state index contributed by atoms with van der Waals surface area (Å²) in [5, 5.41) is 4.23. The fourth-order valence-electron chi connectivity index (χ4n) is 2.90. The topological polar surface area (TPSA) is 12.0 Å². The third-order valence-electron chi connectivity index (χ3n) is 3.97. The van der Waals surface area contributed by atoms with Gasteiger partial charge in [0, 0.05) is 16.2 Å². The van der Waals surface area contributed by atoms with Crippen molar-refractivity contribution < 1.29 is 0 Å². The summed E-state index contributed by atoms with van der Waals surface area (Å²) < 4.78 is 0. The van der Waals surface area contributed by atoms with Crippen molar-refractivity contribution in [2.75, 3.05) is 7.05 Å². The van der Waals surface area contributed by atoms with Crippen LogP contribution in [0.15, 0.2) is 29.2 Å². The highest BCUT2D eigenvalue weighted by atomic mass is 32.2. The van der Waals surface area contributed by atoms with Gasteiger partial charge in [-0.3, -0.25) is 0 Å². The minimum absolute atomic E-state index is 0.426. The maximum absolute atomic E-state index is 3.52. The maximum Gasteiger partial charge on any atom is 0.0253 e. The fourth-order valence-corrected chi connectivity index (χ4v) is 4.51. The van der Waals surface area contributed by atoms with Gasteiger partial charge in [-0.15, -0.1) is 11.8 Å². The van der Waals surface area contributed by atoms with Crippen LogP contribution in [-0.4, -0.2) is 18.3 Å². The summed E-state index contributed by atoms with van der Waals surface area (Å²) in [7, 11) is 2.10. The lowest BCUT2D eigenvalue weighted by atomic mass is 9.87. The van der Waals surface area contributed by atoms with Crippen LogP contribution in [0.1, 0.15) is 32.3 Å². The molecule has 1 saturated carbocycles. The molecule has 0 amide bonds. The Kier molecular flexibility index (Phi) is 3.84. The standard InChI is InChI=1S/C15H23NS/c1-11-7-5-6-8-12(11)17-13-9-10-15(2,3)14(13)16-4/h5-8,13-14,16H,9-10H2,1-4H3. The zero-order chi connectivity index (χ0) is 12.5. The van der Waals surface area contributed by atoms with E-state index in [0.29, 0.717) is 16.7 Å². The Morgan fingerprint density at radius 2 is 2.00 bits per heavy atom. The summed E-state index contributed by atoms with van der Waals surface area (Å²) in [5.41, 5.74) is 1.83. The lowest BCUT2D eigenvalue weighted by Gasteiger charge is -2.30. The van der Waals surface area contributed by atoms with Crippen LogP contribution in [0.2, 0.25) is 0 Å². The van der Waals surface area contributed by atoms with Gasteiger partial charge in [-0.1, -0.05) is 32.0 Å². The number of thioether (sulfide) groups is 1. The molecule has 0 bridgehead atoms. The molecule has 0 aromatic heterocycles. The van der Waals surface area contributed by atoms with Gasteiger partial charge in [0.05, 0.1) is 0 Å². The van der Waals surface area contributed by atoms with Crippen molar-refractivity contribution in [2.45, 2.75) is 49.8 Å². The molecule has 2 rings (SSSR count). The van der Waals surface area contributed by atoms with Gasteiger partial charge < -0.3 is 5.32 Å². The van der Waals surface area contributed by atoms with Gasteiger partial charge in [-0.25, -0.2) is 0 Å². The second-order valence-corrected chi connectivity index (χ2v) is 7.00. The van der Waals surface area contributed by atoms with E-state index in [-0.39, 0.29) is 0 Å². The van der Waals surface area contributed by atoms with Crippen molar-refractivity contribution in [3.63, 3.8) is 0 Å². The summed E-state index contributed by atoms with van der Waals surface area (Å²) >= 11 is 2.05. The van der Waals surface area contributed by atoms with Crippen LogP contribution in [0.3, 0.4) is 0 Å². The van der Waals surface area contributed by atoms with Crippen molar-refractivity contribution in [3.8, 4) is 0 Å². The number of hydrogen-bond donors (Lipinski definition) is 1. The zero-order valence-corrected chi connectivity index (χ0v) is 12.1. The summed E-state index contributed by atoms with van der Waals surface area (Å²) in [6, 6.07) is 9.33. The molecule has 1 aliphatic carbocycles. The zero-order valence-electron chi connectivity index (χ0n) is 11.3. The maximum atomic E-state index is 3.52. The molecular weight excluding hydrogens is 226 g/mol.